The van der Waals surface area contributed by atoms with Gasteiger partial charge in [0.1, 0.15) is 12.3 Å². The number of fused-ring (bicyclic) bond motifs is 1. The highest BCUT2D eigenvalue weighted by Crippen LogP contribution is 2.36. The van der Waals surface area contributed by atoms with Crippen LogP contribution in [0, 0.1) is 6.92 Å². The van der Waals surface area contributed by atoms with Crippen LogP contribution in [0.15, 0.2) is 52.3 Å². The molecule has 3 aromatic rings. The molecule has 0 saturated carbocycles. The van der Waals surface area contributed by atoms with Gasteiger partial charge in [0.2, 0.25) is 5.91 Å². The average molecular weight is 458 g/mol. The molecule has 4 rings (SSSR count). The Morgan fingerprint density at radius 3 is 2.89 bits per heavy atom. The molecular weight excluding hydrogens is 442 g/mol. The number of aryl methyl sites for hydroxylation is 1. The summed E-state index contributed by atoms with van der Waals surface area (Å²) in [5.74, 6) is 0.0217. The average Bonchev–Trinajstić information content (AvgIpc) is 3.12. The molecule has 0 aliphatic carbocycles. The molecule has 1 N–H and O–H groups in total. The number of para-hydroxylation sites is 1. The van der Waals surface area contributed by atoms with Crippen molar-refractivity contribution in [3.05, 3.63) is 57.3 Å². The second kappa shape index (κ2) is 7.73. The first-order valence-corrected chi connectivity index (χ1v) is 10.2. The van der Waals surface area contributed by atoms with Crippen molar-refractivity contribution < 1.29 is 14.3 Å². The monoisotopic (exact) mass is 457 g/mol. The number of ether oxygens (including phenoxy) is 1. The molecule has 1 aromatic heterocycles. The Bertz CT molecular complexity index is 1070. The minimum Gasteiger partial charge on any atom is -0.482 e. The first-order chi connectivity index (χ1) is 13.5. The fourth-order valence-electron chi connectivity index (χ4n) is 2.93. The maximum atomic E-state index is 12.6. The molecule has 0 saturated heterocycles. The number of amides is 2. The van der Waals surface area contributed by atoms with Crippen LogP contribution in [0.5, 0.6) is 5.75 Å². The van der Waals surface area contributed by atoms with Crippen molar-refractivity contribution >= 4 is 50.5 Å². The maximum absolute atomic E-state index is 12.6. The number of nitrogens with one attached hydrogen (secondary N) is 1. The van der Waals surface area contributed by atoms with Crippen molar-refractivity contribution in [1.82, 2.24) is 4.98 Å². The van der Waals surface area contributed by atoms with E-state index in [2.05, 4.69) is 26.2 Å². The van der Waals surface area contributed by atoms with Crippen molar-refractivity contribution in [1.29, 1.82) is 0 Å². The zero-order valence-electron chi connectivity index (χ0n) is 14.9. The van der Waals surface area contributed by atoms with Gasteiger partial charge < -0.3 is 10.1 Å². The molecule has 0 bridgehead atoms. The molecule has 8 heteroatoms. The maximum Gasteiger partial charge on any atom is 0.265 e. The van der Waals surface area contributed by atoms with Crippen LogP contribution in [-0.4, -0.2) is 29.9 Å². The molecule has 6 nitrogen and oxygen atoms in total. The Balaban J connectivity index is 1.60. The lowest BCUT2D eigenvalue weighted by Gasteiger charge is -2.29. The predicted molar refractivity (Wildman–Crippen MR) is 113 cm³/mol. The van der Waals surface area contributed by atoms with E-state index in [1.54, 1.807) is 17.4 Å². The minimum absolute atomic E-state index is 0.0928. The van der Waals surface area contributed by atoms with Crippen LogP contribution in [0.1, 0.15) is 5.01 Å². The van der Waals surface area contributed by atoms with Crippen LogP contribution >= 0.6 is 27.3 Å². The molecular formula is C20H16BrN3O3S. The summed E-state index contributed by atoms with van der Waals surface area (Å²) in [5, 5.41) is 5.75. The molecule has 0 atom stereocenters. The number of carbonyl (C=O) groups excluding carboxylic acids is 2. The Kier molecular flexibility index (Phi) is 5.15. The topological polar surface area (TPSA) is 71.5 Å². The van der Waals surface area contributed by atoms with Gasteiger partial charge in [0, 0.05) is 15.4 Å². The smallest absolute Gasteiger partial charge is 0.265 e. The third kappa shape index (κ3) is 3.79. The Morgan fingerprint density at radius 1 is 1.32 bits per heavy atom. The number of nitrogens with zero attached hydrogens (tertiary/aromatic N) is 2. The predicted octanol–water partition coefficient (Wildman–Crippen LogP) is 4.25. The fourth-order valence-corrected chi connectivity index (χ4v) is 3.93. The highest BCUT2D eigenvalue weighted by molar-refractivity contribution is 9.10. The zero-order valence-corrected chi connectivity index (χ0v) is 17.3. The molecule has 2 aromatic carbocycles. The van der Waals surface area contributed by atoms with Gasteiger partial charge >= 0.3 is 0 Å². The molecule has 28 heavy (non-hydrogen) atoms. The van der Waals surface area contributed by atoms with Gasteiger partial charge in [-0.05, 0) is 53.2 Å². The first-order valence-electron chi connectivity index (χ1n) is 8.55. The van der Waals surface area contributed by atoms with Crippen molar-refractivity contribution in [3.8, 4) is 17.0 Å². The third-order valence-electron chi connectivity index (χ3n) is 4.27. The second-order valence-corrected chi connectivity index (χ2v) is 8.15. The summed E-state index contributed by atoms with van der Waals surface area (Å²) in [6.45, 7) is 1.75. The number of hydrogen-bond donors (Lipinski definition) is 1. The van der Waals surface area contributed by atoms with Gasteiger partial charge in [-0.25, -0.2) is 4.98 Å². The molecule has 1 aliphatic heterocycles. The van der Waals surface area contributed by atoms with Crippen LogP contribution in [0.25, 0.3) is 11.3 Å². The highest BCUT2D eigenvalue weighted by Gasteiger charge is 2.28. The van der Waals surface area contributed by atoms with Crippen LogP contribution in [-0.2, 0) is 9.59 Å². The van der Waals surface area contributed by atoms with Crippen molar-refractivity contribution in [2.24, 2.45) is 0 Å². The van der Waals surface area contributed by atoms with Crippen LogP contribution < -0.4 is 15.0 Å². The molecule has 1 aliphatic rings. The van der Waals surface area contributed by atoms with E-state index in [1.807, 2.05) is 48.7 Å². The third-order valence-corrected chi connectivity index (χ3v) is 5.73. The van der Waals surface area contributed by atoms with E-state index in [1.165, 1.54) is 4.90 Å². The first kappa shape index (κ1) is 18.6. The lowest BCUT2D eigenvalue weighted by atomic mass is 10.1. The summed E-state index contributed by atoms with van der Waals surface area (Å²) in [7, 11) is 0. The SMILES string of the molecule is Cc1nc(-c2ccc3c(c2)N(CC(=O)Nc2ccccc2Br)C(=O)CO3)cs1. The summed E-state index contributed by atoms with van der Waals surface area (Å²) in [6.07, 6.45) is 0. The lowest BCUT2D eigenvalue weighted by Crippen LogP contribution is -2.43. The number of rotatable bonds is 4. The number of benzene rings is 2. The summed E-state index contributed by atoms with van der Waals surface area (Å²) in [6, 6.07) is 12.9. The zero-order chi connectivity index (χ0) is 19.7. The Labute approximate surface area is 174 Å². The van der Waals surface area contributed by atoms with Gasteiger partial charge in [-0.1, -0.05) is 12.1 Å². The highest BCUT2D eigenvalue weighted by atomic mass is 79.9. The van der Waals surface area contributed by atoms with Crippen LogP contribution in [0.2, 0.25) is 0 Å². The Hall–Kier alpha value is -2.71. The number of halogens is 1. The summed E-state index contributed by atoms with van der Waals surface area (Å²) in [5.41, 5.74) is 2.93. The summed E-state index contributed by atoms with van der Waals surface area (Å²) in [4.78, 5) is 31.0. The second-order valence-electron chi connectivity index (χ2n) is 6.23. The molecule has 142 valence electrons. The van der Waals surface area contributed by atoms with Gasteiger partial charge in [-0.15, -0.1) is 11.3 Å². The standard InChI is InChI=1S/C20H16BrN3O3S/c1-12-22-16(11-28-12)13-6-7-18-17(8-13)24(20(26)10-27-18)9-19(25)23-15-5-3-2-4-14(15)21/h2-8,11H,9-10H2,1H3,(H,23,25). The largest absolute Gasteiger partial charge is 0.482 e. The van der Waals surface area contributed by atoms with E-state index in [-0.39, 0.29) is 25.0 Å². The van der Waals surface area contributed by atoms with Crippen molar-refractivity contribution in [2.75, 3.05) is 23.4 Å². The van der Waals surface area contributed by atoms with Gasteiger partial charge in [-0.2, -0.15) is 0 Å². The van der Waals surface area contributed by atoms with Crippen LogP contribution in [0.3, 0.4) is 0 Å². The molecule has 0 spiro atoms. The quantitative estimate of drug-likeness (QED) is 0.635. The number of aromatic nitrogens is 1. The fraction of sp³-hybridized carbons (Fsp3) is 0.150. The molecule has 0 radical (unpaired) electrons. The normalized spacial score (nSPS) is 13.1. The molecule has 0 fully saturated rings. The van der Waals surface area contributed by atoms with E-state index in [4.69, 9.17) is 4.74 Å². The molecule has 0 unspecified atom stereocenters. The van der Waals surface area contributed by atoms with E-state index >= 15 is 0 Å². The summed E-state index contributed by atoms with van der Waals surface area (Å²) >= 11 is 4.96. The van der Waals surface area contributed by atoms with Gasteiger partial charge in [0.25, 0.3) is 5.91 Å². The summed E-state index contributed by atoms with van der Waals surface area (Å²) < 4.78 is 6.31. The van der Waals surface area contributed by atoms with E-state index in [9.17, 15) is 9.59 Å². The number of hydrogen-bond acceptors (Lipinski definition) is 5. The van der Waals surface area contributed by atoms with E-state index in [0.29, 0.717) is 17.1 Å². The Morgan fingerprint density at radius 2 is 2.14 bits per heavy atom. The van der Waals surface area contributed by atoms with E-state index < -0.39 is 0 Å². The van der Waals surface area contributed by atoms with Crippen molar-refractivity contribution in [2.45, 2.75) is 6.92 Å². The molecule has 2 amide bonds. The van der Waals surface area contributed by atoms with Crippen molar-refractivity contribution in [3.63, 3.8) is 0 Å². The van der Waals surface area contributed by atoms with E-state index in [0.717, 1.165) is 20.7 Å². The number of carbonyl (C=O) groups is 2. The van der Waals surface area contributed by atoms with Gasteiger partial charge in [0.15, 0.2) is 6.61 Å². The lowest BCUT2D eigenvalue weighted by molar-refractivity contribution is -0.123. The number of anilines is 2. The van der Waals surface area contributed by atoms with Gasteiger partial charge in [-0.3, -0.25) is 14.5 Å². The van der Waals surface area contributed by atoms with Gasteiger partial charge in [0.05, 0.1) is 22.1 Å². The minimum atomic E-state index is -0.289. The number of thiazole rings is 1. The molecule has 2 heterocycles. The van der Waals surface area contributed by atoms with Crippen LogP contribution in [0.4, 0.5) is 11.4 Å².